The van der Waals surface area contributed by atoms with Gasteiger partial charge in [-0.1, -0.05) is 6.07 Å². The minimum absolute atomic E-state index is 0.170. The molecule has 0 saturated heterocycles. The number of hydrogen-bond donors (Lipinski definition) is 1. The summed E-state index contributed by atoms with van der Waals surface area (Å²) in [7, 11) is 0. The van der Waals surface area contributed by atoms with Crippen LogP contribution >= 0.6 is 11.8 Å². The zero-order valence-electron chi connectivity index (χ0n) is 15.7. The molecule has 138 valence electrons. The molecule has 3 rings (SSSR count). The second-order valence-corrected chi connectivity index (χ2v) is 8.06. The minimum atomic E-state index is -0.263. The lowest BCUT2D eigenvalue weighted by Gasteiger charge is -2.20. The molecule has 0 aliphatic carbocycles. The maximum atomic E-state index is 12.2. The van der Waals surface area contributed by atoms with E-state index in [1.807, 2.05) is 45.9 Å². The number of benzene rings is 1. The SMILES string of the molecule is CCOc1c(C#N)cnc2ccc(/C=C3\SC(NC(C)(C)C)=NC3=O)cc12. The molecule has 0 unspecified atom stereocenters. The van der Waals surface area contributed by atoms with Crippen LogP contribution in [0.4, 0.5) is 0 Å². The van der Waals surface area contributed by atoms with Gasteiger partial charge in [0, 0.05) is 17.1 Å². The maximum absolute atomic E-state index is 12.2. The van der Waals surface area contributed by atoms with E-state index in [1.54, 1.807) is 6.08 Å². The number of aliphatic imine (C=N–C) groups is 1. The Labute approximate surface area is 162 Å². The van der Waals surface area contributed by atoms with Crippen molar-refractivity contribution in [3.8, 4) is 11.8 Å². The molecule has 0 atom stereocenters. The molecule has 1 aromatic carbocycles. The van der Waals surface area contributed by atoms with Crippen LogP contribution in [0.25, 0.3) is 17.0 Å². The van der Waals surface area contributed by atoms with E-state index in [1.165, 1.54) is 18.0 Å². The number of amides is 1. The smallest absolute Gasteiger partial charge is 0.286 e. The van der Waals surface area contributed by atoms with Crippen molar-refractivity contribution in [2.75, 3.05) is 6.61 Å². The normalized spacial score (nSPS) is 15.7. The first-order valence-corrected chi connectivity index (χ1v) is 9.39. The number of nitriles is 1. The molecule has 0 spiro atoms. The van der Waals surface area contributed by atoms with E-state index in [-0.39, 0.29) is 11.4 Å². The lowest BCUT2D eigenvalue weighted by molar-refractivity contribution is -0.113. The van der Waals surface area contributed by atoms with Gasteiger partial charge in [-0.05, 0) is 63.2 Å². The number of nitrogens with zero attached hydrogens (tertiary/aromatic N) is 3. The molecular formula is C20H20N4O2S. The molecule has 2 heterocycles. The Bertz CT molecular complexity index is 1010. The number of carbonyl (C=O) groups excluding carboxylic acids is 1. The standard InChI is InChI=1S/C20H20N4O2S/c1-5-26-17-13(10-21)11-22-15-7-6-12(8-14(15)17)9-16-18(25)23-19(27-16)24-20(2,3)4/h6-9,11H,5H2,1-4H3,(H,23,24,25)/b16-9-. The fourth-order valence-corrected chi connectivity index (χ4v) is 3.61. The van der Waals surface area contributed by atoms with Crippen LogP contribution in [0, 0.1) is 11.3 Å². The lowest BCUT2D eigenvalue weighted by atomic mass is 10.1. The van der Waals surface area contributed by atoms with E-state index >= 15 is 0 Å². The van der Waals surface area contributed by atoms with E-state index in [9.17, 15) is 10.1 Å². The maximum Gasteiger partial charge on any atom is 0.286 e. The zero-order chi connectivity index (χ0) is 19.6. The van der Waals surface area contributed by atoms with E-state index in [2.05, 4.69) is 21.4 Å². The van der Waals surface area contributed by atoms with Crippen LogP contribution in [0.1, 0.15) is 38.8 Å². The third-order valence-electron chi connectivity index (χ3n) is 3.65. The Kier molecular flexibility index (Phi) is 5.19. The summed E-state index contributed by atoms with van der Waals surface area (Å²) in [5, 5.41) is 13.9. The quantitative estimate of drug-likeness (QED) is 0.814. The number of hydrogen-bond acceptors (Lipinski definition) is 6. The fourth-order valence-electron chi connectivity index (χ4n) is 2.59. The van der Waals surface area contributed by atoms with Gasteiger partial charge in [0.2, 0.25) is 0 Å². The molecule has 27 heavy (non-hydrogen) atoms. The Morgan fingerprint density at radius 1 is 1.37 bits per heavy atom. The number of fused-ring (bicyclic) bond motifs is 1. The van der Waals surface area contributed by atoms with Crippen molar-refractivity contribution in [3.05, 3.63) is 40.4 Å². The van der Waals surface area contributed by atoms with Gasteiger partial charge in [0.05, 0.1) is 17.0 Å². The van der Waals surface area contributed by atoms with Crippen LogP contribution in [0.5, 0.6) is 5.75 Å². The molecule has 0 radical (unpaired) electrons. The largest absolute Gasteiger partial charge is 0.492 e. The lowest BCUT2D eigenvalue weighted by Crippen LogP contribution is -2.38. The first-order valence-electron chi connectivity index (χ1n) is 8.57. The number of aromatic nitrogens is 1. The van der Waals surface area contributed by atoms with Crippen LogP contribution < -0.4 is 10.1 Å². The van der Waals surface area contributed by atoms with Crippen LogP contribution in [-0.4, -0.2) is 28.2 Å². The van der Waals surface area contributed by atoms with E-state index in [0.29, 0.717) is 28.0 Å². The van der Waals surface area contributed by atoms with Crippen LogP contribution in [0.15, 0.2) is 34.3 Å². The number of thioether (sulfide) groups is 1. The monoisotopic (exact) mass is 380 g/mol. The van der Waals surface area contributed by atoms with E-state index < -0.39 is 0 Å². The van der Waals surface area contributed by atoms with Gasteiger partial charge in [0.1, 0.15) is 17.4 Å². The van der Waals surface area contributed by atoms with Gasteiger partial charge in [-0.2, -0.15) is 10.3 Å². The molecule has 2 aromatic rings. The van der Waals surface area contributed by atoms with Crippen molar-refractivity contribution in [3.63, 3.8) is 0 Å². The third kappa shape index (κ3) is 4.29. The second kappa shape index (κ2) is 7.41. The van der Waals surface area contributed by atoms with Crippen molar-refractivity contribution in [1.29, 1.82) is 5.26 Å². The van der Waals surface area contributed by atoms with Crippen LogP contribution in [0.3, 0.4) is 0 Å². The molecule has 6 nitrogen and oxygen atoms in total. The molecule has 0 saturated carbocycles. The van der Waals surface area contributed by atoms with E-state index in [0.717, 1.165) is 16.5 Å². The third-order valence-corrected chi connectivity index (χ3v) is 4.55. The summed E-state index contributed by atoms with van der Waals surface area (Å²) in [5.74, 6) is 0.253. The van der Waals surface area contributed by atoms with Crippen molar-refractivity contribution in [2.24, 2.45) is 4.99 Å². The van der Waals surface area contributed by atoms with Gasteiger partial charge in [-0.15, -0.1) is 0 Å². The number of carbonyl (C=O) groups is 1. The predicted octanol–water partition coefficient (Wildman–Crippen LogP) is 3.86. The molecule has 1 aliphatic heterocycles. The molecule has 7 heteroatoms. The Morgan fingerprint density at radius 3 is 2.81 bits per heavy atom. The number of rotatable bonds is 3. The predicted molar refractivity (Wildman–Crippen MR) is 109 cm³/mol. The van der Waals surface area contributed by atoms with Crippen molar-refractivity contribution < 1.29 is 9.53 Å². The van der Waals surface area contributed by atoms with Crippen LogP contribution in [-0.2, 0) is 4.79 Å². The summed E-state index contributed by atoms with van der Waals surface area (Å²) in [6.45, 7) is 8.36. The highest BCUT2D eigenvalue weighted by Gasteiger charge is 2.24. The second-order valence-electron chi connectivity index (χ2n) is 7.03. The summed E-state index contributed by atoms with van der Waals surface area (Å²) < 4.78 is 5.67. The molecular weight excluding hydrogens is 360 g/mol. The van der Waals surface area contributed by atoms with Crippen molar-refractivity contribution >= 4 is 39.8 Å². The Balaban J connectivity index is 1.96. The number of pyridine rings is 1. The van der Waals surface area contributed by atoms with Gasteiger partial charge in [-0.25, -0.2) is 0 Å². The first kappa shape index (κ1) is 18.9. The van der Waals surface area contributed by atoms with Crippen molar-refractivity contribution in [2.45, 2.75) is 33.2 Å². The van der Waals surface area contributed by atoms with Crippen LogP contribution in [0.2, 0.25) is 0 Å². The highest BCUT2D eigenvalue weighted by Crippen LogP contribution is 2.32. The molecule has 1 aliphatic rings. The zero-order valence-corrected chi connectivity index (χ0v) is 16.5. The average Bonchev–Trinajstić information content (AvgIpc) is 2.92. The highest BCUT2D eigenvalue weighted by molar-refractivity contribution is 8.18. The number of nitrogens with one attached hydrogen (secondary N) is 1. The average molecular weight is 380 g/mol. The number of amidine groups is 1. The molecule has 1 N–H and O–H groups in total. The van der Waals surface area contributed by atoms with E-state index in [4.69, 9.17) is 4.74 Å². The summed E-state index contributed by atoms with van der Waals surface area (Å²) >= 11 is 1.32. The van der Waals surface area contributed by atoms with Gasteiger partial charge < -0.3 is 10.1 Å². The Hall–Kier alpha value is -2.85. The Morgan fingerprint density at radius 2 is 2.15 bits per heavy atom. The summed E-state index contributed by atoms with van der Waals surface area (Å²) in [6, 6.07) is 7.72. The first-order chi connectivity index (χ1) is 12.8. The number of ether oxygens (including phenoxy) is 1. The molecule has 1 aromatic heterocycles. The summed E-state index contributed by atoms with van der Waals surface area (Å²) in [4.78, 5) is 21.1. The fraction of sp³-hybridized carbons (Fsp3) is 0.300. The summed E-state index contributed by atoms with van der Waals surface area (Å²) in [6.07, 6.45) is 3.31. The van der Waals surface area contributed by atoms with Gasteiger partial charge in [-0.3, -0.25) is 9.78 Å². The molecule has 0 bridgehead atoms. The van der Waals surface area contributed by atoms with Crippen molar-refractivity contribution in [1.82, 2.24) is 10.3 Å². The minimum Gasteiger partial charge on any atom is -0.492 e. The van der Waals surface area contributed by atoms with Gasteiger partial charge >= 0.3 is 0 Å². The molecule has 1 amide bonds. The molecule has 0 fully saturated rings. The topological polar surface area (TPSA) is 87.4 Å². The highest BCUT2D eigenvalue weighted by atomic mass is 32.2. The van der Waals surface area contributed by atoms with Gasteiger partial charge in [0.25, 0.3) is 5.91 Å². The van der Waals surface area contributed by atoms with Gasteiger partial charge in [0.15, 0.2) is 5.17 Å². The summed E-state index contributed by atoms with van der Waals surface area (Å²) in [5.41, 5.74) is 1.77.